The fourth-order valence-electron chi connectivity index (χ4n) is 2.52. The van der Waals surface area contributed by atoms with Gasteiger partial charge in [0.2, 0.25) is 0 Å². The van der Waals surface area contributed by atoms with E-state index >= 15 is 0 Å². The molecule has 3 aromatic heterocycles. The summed E-state index contributed by atoms with van der Waals surface area (Å²) in [5, 5.41) is 8.81. The molecule has 0 aromatic carbocycles. The Hall–Kier alpha value is -2.25. The molecule has 3 N–H and O–H groups in total. The lowest BCUT2D eigenvalue weighted by Gasteiger charge is -2.14. The van der Waals surface area contributed by atoms with Crippen LogP contribution in [-0.4, -0.2) is 24.4 Å². The van der Waals surface area contributed by atoms with Crippen molar-refractivity contribution in [3.8, 4) is 0 Å². The predicted molar refractivity (Wildman–Crippen MR) is 79.3 cm³/mol. The van der Waals surface area contributed by atoms with E-state index in [-0.39, 0.29) is 6.04 Å². The van der Waals surface area contributed by atoms with E-state index < -0.39 is 0 Å². The molecule has 0 bridgehead atoms. The quantitative estimate of drug-likeness (QED) is 0.534. The molecular formula is C14H19N7. The molecular weight excluding hydrogens is 266 g/mol. The van der Waals surface area contributed by atoms with Gasteiger partial charge in [0.1, 0.15) is 0 Å². The van der Waals surface area contributed by atoms with Crippen molar-refractivity contribution in [2.75, 3.05) is 0 Å². The van der Waals surface area contributed by atoms with Gasteiger partial charge in [-0.3, -0.25) is 20.9 Å². The van der Waals surface area contributed by atoms with Crippen LogP contribution in [0.1, 0.15) is 29.9 Å². The van der Waals surface area contributed by atoms with Gasteiger partial charge in [0.15, 0.2) is 0 Å². The van der Waals surface area contributed by atoms with Crippen molar-refractivity contribution in [1.82, 2.24) is 29.8 Å². The highest BCUT2D eigenvalue weighted by Gasteiger charge is 2.18. The van der Waals surface area contributed by atoms with Crippen molar-refractivity contribution in [1.29, 1.82) is 0 Å². The third-order valence-corrected chi connectivity index (χ3v) is 3.73. The summed E-state index contributed by atoms with van der Waals surface area (Å²) in [6.07, 6.45) is 8.84. The summed E-state index contributed by atoms with van der Waals surface area (Å²) >= 11 is 0. The van der Waals surface area contributed by atoms with Gasteiger partial charge in [-0.25, -0.2) is 4.52 Å². The number of aryl methyl sites for hydroxylation is 2. The lowest BCUT2D eigenvalue weighted by atomic mass is 10.0. The third kappa shape index (κ3) is 2.53. The second-order valence-corrected chi connectivity index (χ2v) is 5.03. The normalized spacial score (nSPS) is 12.9. The van der Waals surface area contributed by atoms with Gasteiger partial charge >= 0.3 is 0 Å². The Morgan fingerprint density at radius 2 is 2.24 bits per heavy atom. The van der Waals surface area contributed by atoms with E-state index in [0.29, 0.717) is 0 Å². The van der Waals surface area contributed by atoms with Gasteiger partial charge in [-0.2, -0.15) is 10.2 Å². The third-order valence-electron chi connectivity index (χ3n) is 3.73. The van der Waals surface area contributed by atoms with Gasteiger partial charge in [0.05, 0.1) is 29.6 Å². The van der Waals surface area contributed by atoms with Crippen molar-refractivity contribution in [2.45, 2.75) is 25.8 Å². The minimum atomic E-state index is -0.0354. The van der Waals surface area contributed by atoms with E-state index in [4.69, 9.17) is 5.84 Å². The molecule has 3 aromatic rings. The van der Waals surface area contributed by atoms with Crippen LogP contribution in [0, 0.1) is 0 Å². The Morgan fingerprint density at radius 3 is 2.95 bits per heavy atom. The minimum Gasteiger partial charge on any atom is -0.272 e. The zero-order chi connectivity index (χ0) is 14.8. The van der Waals surface area contributed by atoms with E-state index in [1.807, 2.05) is 24.1 Å². The number of fused-ring (bicyclic) bond motifs is 1. The van der Waals surface area contributed by atoms with Crippen LogP contribution in [0.4, 0.5) is 0 Å². The van der Waals surface area contributed by atoms with Crippen LogP contribution in [0.3, 0.4) is 0 Å². The average molecular weight is 285 g/mol. The zero-order valence-corrected chi connectivity index (χ0v) is 12.2. The van der Waals surface area contributed by atoms with Crippen LogP contribution in [0.25, 0.3) is 5.52 Å². The Labute approximate surface area is 122 Å². The van der Waals surface area contributed by atoms with Crippen LogP contribution in [0.2, 0.25) is 0 Å². The Bertz CT molecular complexity index is 743. The number of nitrogens with one attached hydrogen (secondary N) is 1. The number of nitrogens with two attached hydrogens (primary N) is 1. The van der Waals surface area contributed by atoms with Crippen molar-refractivity contribution in [2.24, 2.45) is 12.9 Å². The van der Waals surface area contributed by atoms with E-state index in [1.54, 1.807) is 16.9 Å². The SMILES string of the molecule is CCc1cc(CC(NN)c2cnn3ccncc23)n(C)n1. The summed E-state index contributed by atoms with van der Waals surface area (Å²) in [4.78, 5) is 4.16. The molecule has 1 unspecified atom stereocenters. The van der Waals surface area contributed by atoms with Crippen molar-refractivity contribution >= 4 is 5.52 Å². The molecule has 0 saturated heterocycles. The second kappa shape index (κ2) is 5.63. The molecule has 3 rings (SSSR count). The minimum absolute atomic E-state index is 0.0354. The fraction of sp³-hybridized carbons (Fsp3) is 0.357. The molecule has 0 aliphatic rings. The molecule has 3 heterocycles. The van der Waals surface area contributed by atoms with Crippen molar-refractivity contribution in [3.63, 3.8) is 0 Å². The lowest BCUT2D eigenvalue weighted by molar-refractivity contribution is 0.532. The summed E-state index contributed by atoms with van der Waals surface area (Å²) in [6.45, 7) is 2.10. The van der Waals surface area contributed by atoms with Crippen LogP contribution in [0.5, 0.6) is 0 Å². The summed E-state index contributed by atoms with van der Waals surface area (Å²) in [6, 6.07) is 2.08. The molecule has 110 valence electrons. The first-order valence-corrected chi connectivity index (χ1v) is 6.98. The highest BCUT2D eigenvalue weighted by Crippen LogP contribution is 2.22. The summed E-state index contributed by atoms with van der Waals surface area (Å²) in [5.74, 6) is 5.76. The van der Waals surface area contributed by atoms with Gasteiger partial charge in [0, 0.05) is 37.1 Å². The fourth-order valence-corrected chi connectivity index (χ4v) is 2.52. The van der Waals surface area contributed by atoms with E-state index in [2.05, 4.69) is 33.6 Å². The topological polar surface area (TPSA) is 86.1 Å². The second-order valence-electron chi connectivity index (χ2n) is 5.03. The maximum Gasteiger partial charge on any atom is 0.0893 e. The zero-order valence-electron chi connectivity index (χ0n) is 12.2. The summed E-state index contributed by atoms with van der Waals surface area (Å²) in [7, 11) is 1.96. The maximum absolute atomic E-state index is 5.76. The van der Waals surface area contributed by atoms with Gasteiger partial charge < -0.3 is 0 Å². The Morgan fingerprint density at radius 1 is 1.38 bits per heavy atom. The number of rotatable bonds is 5. The number of hydrogen-bond acceptors (Lipinski definition) is 5. The van der Waals surface area contributed by atoms with Gasteiger partial charge in [-0.1, -0.05) is 6.92 Å². The van der Waals surface area contributed by atoms with Gasteiger partial charge in [0.25, 0.3) is 0 Å². The first-order chi connectivity index (χ1) is 10.2. The van der Waals surface area contributed by atoms with E-state index in [1.165, 1.54) is 0 Å². The van der Waals surface area contributed by atoms with E-state index in [9.17, 15) is 0 Å². The molecule has 0 spiro atoms. The molecule has 0 fully saturated rings. The first kappa shape index (κ1) is 13.7. The molecule has 0 aliphatic heterocycles. The molecule has 21 heavy (non-hydrogen) atoms. The number of hydrazine groups is 1. The molecule has 7 heteroatoms. The molecule has 1 atom stereocenters. The van der Waals surface area contributed by atoms with Crippen molar-refractivity contribution < 1.29 is 0 Å². The lowest BCUT2D eigenvalue weighted by Crippen LogP contribution is -2.30. The largest absolute Gasteiger partial charge is 0.272 e. The average Bonchev–Trinajstić information content (AvgIpc) is 3.08. The van der Waals surface area contributed by atoms with Crippen LogP contribution >= 0.6 is 0 Å². The standard InChI is InChI=1S/C14H19N7/c1-3-10-6-11(20(2)19-10)7-13(18-15)12-8-17-21-5-4-16-9-14(12)21/h4-6,8-9,13,18H,3,7,15H2,1-2H3. The molecule has 7 nitrogen and oxygen atoms in total. The number of aromatic nitrogens is 5. The van der Waals surface area contributed by atoms with Crippen LogP contribution in [-0.2, 0) is 19.9 Å². The molecule has 0 radical (unpaired) electrons. The predicted octanol–water partition coefficient (Wildman–Crippen LogP) is 0.772. The van der Waals surface area contributed by atoms with E-state index in [0.717, 1.165) is 35.3 Å². The summed E-state index contributed by atoms with van der Waals surface area (Å²) < 4.78 is 3.71. The maximum atomic E-state index is 5.76. The molecule has 0 amide bonds. The highest BCUT2D eigenvalue weighted by atomic mass is 15.3. The number of nitrogens with zero attached hydrogens (tertiary/aromatic N) is 5. The molecule has 0 saturated carbocycles. The first-order valence-electron chi connectivity index (χ1n) is 6.98. The summed E-state index contributed by atoms with van der Waals surface area (Å²) in [5.41, 5.74) is 7.09. The smallest absolute Gasteiger partial charge is 0.0893 e. The molecule has 0 aliphatic carbocycles. The highest BCUT2D eigenvalue weighted by molar-refractivity contribution is 5.53. The monoisotopic (exact) mass is 285 g/mol. The van der Waals surface area contributed by atoms with Crippen molar-refractivity contribution in [3.05, 3.63) is 47.8 Å². The van der Waals surface area contributed by atoms with Crippen LogP contribution in [0.15, 0.2) is 30.9 Å². The van der Waals surface area contributed by atoms with Gasteiger partial charge in [-0.15, -0.1) is 0 Å². The Balaban J connectivity index is 1.93. The number of hydrogen-bond donors (Lipinski definition) is 2. The van der Waals surface area contributed by atoms with Crippen LogP contribution < -0.4 is 11.3 Å². The Kier molecular flexibility index (Phi) is 3.68. The van der Waals surface area contributed by atoms with Gasteiger partial charge in [-0.05, 0) is 12.5 Å².